The van der Waals surface area contributed by atoms with Gasteiger partial charge in [-0.3, -0.25) is 0 Å². The van der Waals surface area contributed by atoms with E-state index in [9.17, 15) is 0 Å². The zero-order valence-electron chi connectivity index (χ0n) is 28.9. The van der Waals surface area contributed by atoms with Gasteiger partial charge in [-0.1, -0.05) is 127 Å². The summed E-state index contributed by atoms with van der Waals surface area (Å²) in [6.45, 7) is 0. The molecule has 0 atom stereocenters. The zero-order valence-corrected chi connectivity index (χ0v) is 28.9. The quantitative estimate of drug-likeness (QED) is 0.180. The molecule has 6 nitrogen and oxygen atoms in total. The van der Waals surface area contributed by atoms with Crippen molar-refractivity contribution in [3.8, 4) is 51.0 Å². The standard InChI is InChI=1S/C48H29N5O/c1-3-14-30(15-4-1)39-29-40-35-21-9-10-25-41(35)53(44(40)36-22-8-7-20-34(36)39)33-19-11-18-32(28-33)46-50-45(31-16-5-2-6-17-31)51-47(52-46)37-23-12-26-42-43(37)38-24-13-27-49-48(38)54-42/h1-29H. The fourth-order valence-corrected chi connectivity index (χ4v) is 7.92. The first-order valence-electron chi connectivity index (χ1n) is 18.0. The summed E-state index contributed by atoms with van der Waals surface area (Å²) < 4.78 is 8.54. The molecule has 6 heteroatoms. The van der Waals surface area contributed by atoms with Gasteiger partial charge in [0.05, 0.1) is 11.0 Å². The lowest BCUT2D eigenvalue weighted by Crippen LogP contribution is -2.01. The molecule has 0 radical (unpaired) electrons. The van der Waals surface area contributed by atoms with Crippen LogP contribution in [0.25, 0.3) is 106 Å². The van der Waals surface area contributed by atoms with Crippen LogP contribution in [0.4, 0.5) is 0 Å². The van der Waals surface area contributed by atoms with Crippen molar-refractivity contribution < 1.29 is 4.42 Å². The smallest absolute Gasteiger partial charge is 0.227 e. The summed E-state index contributed by atoms with van der Waals surface area (Å²) in [5.74, 6) is 1.75. The van der Waals surface area contributed by atoms with E-state index in [1.165, 1.54) is 32.7 Å². The van der Waals surface area contributed by atoms with E-state index in [1.54, 1.807) is 6.20 Å². The number of aromatic nitrogens is 5. The molecule has 11 aromatic rings. The van der Waals surface area contributed by atoms with Crippen LogP contribution in [0.5, 0.6) is 0 Å². The molecule has 0 bridgehead atoms. The average molecular weight is 692 g/mol. The summed E-state index contributed by atoms with van der Waals surface area (Å²) in [7, 11) is 0. The summed E-state index contributed by atoms with van der Waals surface area (Å²) >= 11 is 0. The molecule has 0 aliphatic carbocycles. The Morgan fingerprint density at radius 3 is 1.91 bits per heavy atom. The van der Waals surface area contributed by atoms with E-state index in [0.717, 1.165) is 49.8 Å². The first-order valence-corrected chi connectivity index (χ1v) is 18.0. The largest absolute Gasteiger partial charge is 0.438 e. The lowest BCUT2D eigenvalue weighted by atomic mass is 9.95. The number of furan rings is 1. The average Bonchev–Trinajstić information content (AvgIpc) is 3.80. The summed E-state index contributed by atoms with van der Waals surface area (Å²) in [6.07, 6.45) is 1.74. The summed E-state index contributed by atoms with van der Waals surface area (Å²) in [6, 6.07) is 58.9. The van der Waals surface area contributed by atoms with E-state index in [1.807, 2.05) is 60.7 Å². The minimum absolute atomic E-state index is 0.567. The van der Waals surface area contributed by atoms with Crippen LogP contribution in [0, 0.1) is 0 Å². The minimum atomic E-state index is 0.567. The van der Waals surface area contributed by atoms with Gasteiger partial charge in [0.2, 0.25) is 5.71 Å². The molecule has 252 valence electrons. The SMILES string of the molecule is c1ccc(-c2nc(-c3cccc(-n4c5ccccc5c5cc(-c6ccccc6)c6ccccc6c54)c3)nc(-c3cccc4oc5ncccc5c34)n2)cc1. The Hall–Kier alpha value is -7.44. The maximum atomic E-state index is 6.15. The van der Waals surface area contributed by atoms with Crippen LogP contribution >= 0.6 is 0 Å². The van der Waals surface area contributed by atoms with Crippen molar-refractivity contribution in [2.75, 3.05) is 0 Å². The second kappa shape index (κ2) is 12.1. The molecule has 0 unspecified atom stereocenters. The highest BCUT2D eigenvalue weighted by Crippen LogP contribution is 2.42. The van der Waals surface area contributed by atoms with Crippen LogP contribution in [0.15, 0.2) is 180 Å². The molecule has 0 saturated heterocycles. The fraction of sp³-hybridized carbons (Fsp3) is 0. The maximum absolute atomic E-state index is 6.15. The van der Waals surface area contributed by atoms with Crippen molar-refractivity contribution in [2.45, 2.75) is 0 Å². The molecule has 0 aliphatic rings. The van der Waals surface area contributed by atoms with Gasteiger partial charge in [0.1, 0.15) is 5.58 Å². The molecule has 11 rings (SSSR count). The van der Waals surface area contributed by atoms with Crippen LogP contribution in [0.2, 0.25) is 0 Å². The highest BCUT2D eigenvalue weighted by Gasteiger charge is 2.21. The molecule has 0 aliphatic heterocycles. The van der Waals surface area contributed by atoms with E-state index in [0.29, 0.717) is 23.2 Å². The Bertz CT molecular complexity index is 3220. The van der Waals surface area contributed by atoms with Crippen LogP contribution in [-0.4, -0.2) is 24.5 Å². The molecule has 0 amide bonds. The third-order valence-corrected chi connectivity index (χ3v) is 10.3. The van der Waals surface area contributed by atoms with Crippen molar-refractivity contribution in [1.82, 2.24) is 24.5 Å². The lowest BCUT2D eigenvalue weighted by molar-refractivity contribution is 0.654. The number of benzene rings is 7. The number of hydrogen-bond donors (Lipinski definition) is 0. The number of para-hydroxylation sites is 1. The molecule has 0 N–H and O–H groups in total. The van der Waals surface area contributed by atoms with E-state index < -0.39 is 0 Å². The van der Waals surface area contributed by atoms with E-state index in [-0.39, 0.29) is 0 Å². The van der Waals surface area contributed by atoms with E-state index >= 15 is 0 Å². The van der Waals surface area contributed by atoms with Gasteiger partial charge in [-0.25, -0.2) is 19.9 Å². The second-order valence-electron chi connectivity index (χ2n) is 13.4. The predicted octanol–water partition coefficient (Wildman–Crippen LogP) is 12.1. The molecule has 7 aromatic carbocycles. The van der Waals surface area contributed by atoms with E-state index in [4.69, 9.17) is 19.4 Å². The first-order chi connectivity index (χ1) is 26.8. The Labute approximate surface area is 309 Å². The summed E-state index contributed by atoms with van der Waals surface area (Å²) in [5.41, 5.74) is 9.71. The Balaban J connectivity index is 1.16. The maximum Gasteiger partial charge on any atom is 0.227 e. The van der Waals surface area contributed by atoms with Gasteiger partial charge < -0.3 is 8.98 Å². The number of pyridine rings is 1. The summed E-state index contributed by atoms with van der Waals surface area (Å²) in [4.78, 5) is 19.8. The monoisotopic (exact) mass is 691 g/mol. The van der Waals surface area contributed by atoms with Crippen molar-refractivity contribution >= 4 is 54.6 Å². The van der Waals surface area contributed by atoms with Gasteiger partial charge in [0.15, 0.2) is 17.5 Å². The number of fused-ring (bicyclic) bond motifs is 8. The van der Waals surface area contributed by atoms with Gasteiger partial charge >= 0.3 is 0 Å². The Morgan fingerprint density at radius 1 is 0.426 bits per heavy atom. The van der Waals surface area contributed by atoms with Gasteiger partial charge in [0, 0.05) is 55.5 Å². The van der Waals surface area contributed by atoms with Crippen molar-refractivity contribution in [3.63, 3.8) is 0 Å². The molecular weight excluding hydrogens is 663 g/mol. The van der Waals surface area contributed by atoms with Gasteiger partial charge in [-0.15, -0.1) is 0 Å². The van der Waals surface area contributed by atoms with Crippen LogP contribution < -0.4 is 0 Å². The van der Waals surface area contributed by atoms with Gasteiger partial charge in [-0.2, -0.15) is 0 Å². The van der Waals surface area contributed by atoms with E-state index in [2.05, 4.69) is 119 Å². The van der Waals surface area contributed by atoms with Crippen molar-refractivity contribution in [1.29, 1.82) is 0 Å². The topological polar surface area (TPSA) is 69.6 Å². The Kier molecular flexibility index (Phi) is 6.75. The molecule has 0 spiro atoms. The number of nitrogens with zero attached hydrogens (tertiary/aromatic N) is 5. The third-order valence-electron chi connectivity index (χ3n) is 10.3. The molecule has 0 saturated carbocycles. The fourth-order valence-electron chi connectivity index (χ4n) is 7.92. The normalized spacial score (nSPS) is 11.7. The van der Waals surface area contributed by atoms with Crippen LogP contribution in [-0.2, 0) is 0 Å². The minimum Gasteiger partial charge on any atom is -0.438 e. The number of hydrogen-bond acceptors (Lipinski definition) is 5. The third kappa shape index (κ3) is 4.74. The highest BCUT2D eigenvalue weighted by molar-refractivity contribution is 6.22. The van der Waals surface area contributed by atoms with Crippen LogP contribution in [0.1, 0.15) is 0 Å². The number of rotatable bonds is 5. The predicted molar refractivity (Wildman–Crippen MR) is 218 cm³/mol. The first kappa shape index (κ1) is 30.2. The summed E-state index contributed by atoms with van der Waals surface area (Å²) in [5, 5.41) is 6.66. The van der Waals surface area contributed by atoms with Crippen molar-refractivity contribution in [3.05, 3.63) is 176 Å². The molecule has 4 heterocycles. The van der Waals surface area contributed by atoms with Crippen molar-refractivity contribution in [2.24, 2.45) is 0 Å². The molecule has 0 fully saturated rings. The van der Waals surface area contributed by atoms with Gasteiger partial charge in [-0.05, 0) is 59.0 Å². The van der Waals surface area contributed by atoms with Gasteiger partial charge in [0.25, 0.3) is 0 Å². The molecule has 4 aromatic heterocycles. The molecular formula is C48H29N5O. The lowest BCUT2D eigenvalue weighted by Gasteiger charge is -2.14. The Morgan fingerprint density at radius 2 is 1.07 bits per heavy atom. The zero-order chi connectivity index (χ0) is 35.6. The second-order valence-corrected chi connectivity index (χ2v) is 13.4. The molecule has 54 heavy (non-hydrogen) atoms. The van der Waals surface area contributed by atoms with Crippen LogP contribution in [0.3, 0.4) is 0 Å². The highest BCUT2D eigenvalue weighted by atomic mass is 16.3.